The Kier molecular flexibility index (Phi) is 5.79. The second kappa shape index (κ2) is 7.14. The predicted molar refractivity (Wildman–Crippen MR) is 74.7 cm³/mol. The summed E-state index contributed by atoms with van der Waals surface area (Å²) < 4.78 is 36.7. The van der Waals surface area contributed by atoms with Crippen molar-refractivity contribution in [2.45, 2.75) is 32.5 Å². The fourth-order valence-corrected chi connectivity index (χ4v) is 1.75. The van der Waals surface area contributed by atoms with E-state index in [0.29, 0.717) is 5.56 Å². The topological polar surface area (TPSA) is 55.1 Å². The standard InChI is InChI=1S/C15H17F3N2O/c1-10-5-6-13(8-12(10)4-3-7-19)14(21)20-11(2)9-15(16,17)18/h5-6,8,11H,7,9,19H2,1-2H3,(H,20,21). The lowest BCUT2D eigenvalue weighted by Crippen LogP contribution is -2.35. The highest BCUT2D eigenvalue weighted by atomic mass is 19.4. The van der Waals surface area contributed by atoms with Crippen molar-refractivity contribution in [2.75, 3.05) is 6.54 Å². The van der Waals surface area contributed by atoms with Gasteiger partial charge in [-0.25, -0.2) is 0 Å². The Morgan fingerprint density at radius 3 is 2.67 bits per heavy atom. The fraction of sp³-hybridized carbons (Fsp3) is 0.400. The van der Waals surface area contributed by atoms with Gasteiger partial charge in [-0.3, -0.25) is 4.79 Å². The van der Waals surface area contributed by atoms with Crippen LogP contribution in [-0.2, 0) is 0 Å². The predicted octanol–water partition coefficient (Wildman–Crippen LogP) is 2.38. The molecule has 1 amide bonds. The van der Waals surface area contributed by atoms with Crippen molar-refractivity contribution in [2.24, 2.45) is 5.73 Å². The van der Waals surface area contributed by atoms with Crippen LogP contribution in [-0.4, -0.2) is 24.7 Å². The lowest BCUT2D eigenvalue weighted by molar-refractivity contribution is -0.138. The first-order valence-electron chi connectivity index (χ1n) is 6.40. The largest absolute Gasteiger partial charge is 0.391 e. The van der Waals surface area contributed by atoms with Crippen LogP contribution in [0.2, 0.25) is 0 Å². The molecular formula is C15H17F3N2O. The molecule has 0 aromatic heterocycles. The van der Waals surface area contributed by atoms with Crippen molar-refractivity contribution in [3.8, 4) is 11.8 Å². The monoisotopic (exact) mass is 298 g/mol. The molecule has 6 heteroatoms. The number of carbonyl (C=O) groups excluding carboxylic acids is 1. The zero-order valence-electron chi connectivity index (χ0n) is 11.8. The highest BCUT2D eigenvalue weighted by Crippen LogP contribution is 2.21. The molecule has 0 aliphatic heterocycles. The van der Waals surface area contributed by atoms with Gasteiger partial charge in [0, 0.05) is 17.2 Å². The van der Waals surface area contributed by atoms with E-state index in [0.717, 1.165) is 5.56 Å². The smallest absolute Gasteiger partial charge is 0.349 e. The van der Waals surface area contributed by atoms with Gasteiger partial charge in [0.05, 0.1) is 13.0 Å². The fourth-order valence-electron chi connectivity index (χ4n) is 1.75. The summed E-state index contributed by atoms with van der Waals surface area (Å²) >= 11 is 0. The first-order valence-corrected chi connectivity index (χ1v) is 6.40. The number of nitrogens with one attached hydrogen (secondary N) is 1. The summed E-state index contributed by atoms with van der Waals surface area (Å²) in [4.78, 5) is 11.9. The van der Waals surface area contributed by atoms with Gasteiger partial charge in [-0.2, -0.15) is 13.2 Å². The van der Waals surface area contributed by atoms with Crippen molar-refractivity contribution < 1.29 is 18.0 Å². The molecule has 0 radical (unpaired) electrons. The SMILES string of the molecule is Cc1ccc(C(=O)NC(C)CC(F)(F)F)cc1C#CCN. The van der Waals surface area contributed by atoms with Crippen LogP contribution in [0.5, 0.6) is 0 Å². The number of alkyl halides is 3. The minimum absolute atomic E-state index is 0.193. The molecule has 0 saturated heterocycles. The lowest BCUT2D eigenvalue weighted by atomic mass is 10.0. The second-order valence-electron chi connectivity index (χ2n) is 4.73. The maximum Gasteiger partial charge on any atom is 0.391 e. The number of benzene rings is 1. The molecule has 3 N–H and O–H groups in total. The lowest BCUT2D eigenvalue weighted by Gasteiger charge is -2.16. The molecule has 0 spiro atoms. The first-order chi connectivity index (χ1) is 9.73. The summed E-state index contributed by atoms with van der Waals surface area (Å²) in [6.45, 7) is 3.34. The first kappa shape index (κ1) is 17.1. The highest BCUT2D eigenvalue weighted by Gasteiger charge is 2.30. The molecule has 0 heterocycles. The van der Waals surface area contributed by atoms with Gasteiger partial charge in [-0.1, -0.05) is 17.9 Å². The molecule has 0 aliphatic carbocycles. The van der Waals surface area contributed by atoms with Crippen LogP contribution in [0.15, 0.2) is 18.2 Å². The number of aryl methyl sites for hydroxylation is 1. The van der Waals surface area contributed by atoms with Gasteiger partial charge in [0.1, 0.15) is 0 Å². The van der Waals surface area contributed by atoms with Gasteiger partial charge in [0.15, 0.2) is 0 Å². The van der Waals surface area contributed by atoms with Crippen molar-refractivity contribution in [1.29, 1.82) is 0 Å². The third kappa shape index (κ3) is 5.88. The van der Waals surface area contributed by atoms with Crippen molar-refractivity contribution >= 4 is 5.91 Å². The summed E-state index contributed by atoms with van der Waals surface area (Å²) in [5.74, 6) is 4.95. The molecule has 21 heavy (non-hydrogen) atoms. The van der Waals surface area contributed by atoms with E-state index in [4.69, 9.17) is 5.73 Å². The van der Waals surface area contributed by atoms with E-state index in [9.17, 15) is 18.0 Å². The van der Waals surface area contributed by atoms with Crippen LogP contribution in [0.25, 0.3) is 0 Å². The molecule has 1 aromatic rings. The molecule has 1 unspecified atom stereocenters. The molecular weight excluding hydrogens is 281 g/mol. The van der Waals surface area contributed by atoms with Gasteiger partial charge >= 0.3 is 6.18 Å². The quantitative estimate of drug-likeness (QED) is 0.842. The maximum absolute atomic E-state index is 12.2. The van der Waals surface area contributed by atoms with Gasteiger partial charge in [-0.15, -0.1) is 0 Å². The number of rotatable bonds is 3. The van der Waals surface area contributed by atoms with E-state index >= 15 is 0 Å². The number of hydrogen-bond donors (Lipinski definition) is 2. The number of nitrogens with two attached hydrogens (primary N) is 1. The molecule has 1 aromatic carbocycles. The van der Waals surface area contributed by atoms with Crippen LogP contribution >= 0.6 is 0 Å². The van der Waals surface area contributed by atoms with Crippen LogP contribution in [0.4, 0.5) is 13.2 Å². The van der Waals surface area contributed by atoms with Gasteiger partial charge in [-0.05, 0) is 31.5 Å². The number of halogens is 3. The second-order valence-corrected chi connectivity index (χ2v) is 4.73. The van der Waals surface area contributed by atoms with Gasteiger partial charge in [0.25, 0.3) is 5.91 Å². The zero-order valence-corrected chi connectivity index (χ0v) is 11.8. The highest BCUT2D eigenvalue weighted by molar-refractivity contribution is 5.94. The van der Waals surface area contributed by atoms with Crippen molar-refractivity contribution in [1.82, 2.24) is 5.32 Å². The van der Waals surface area contributed by atoms with Crippen LogP contribution in [0.3, 0.4) is 0 Å². The van der Waals surface area contributed by atoms with Gasteiger partial charge < -0.3 is 11.1 Å². The van der Waals surface area contributed by atoms with E-state index in [1.807, 2.05) is 6.92 Å². The van der Waals surface area contributed by atoms with Crippen molar-refractivity contribution in [3.05, 3.63) is 34.9 Å². The summed E-state index contributed by atoms with van der Waals surface area (Å²) in [7, 11) is 0. The zero-order chi connectivity index (χ0) is 16.0. The minimum Gasteiger partial charge on any atom is -0.349 e. The third-order valence-electron chi connectivity index (χ3n) is 2.74. The number of hydrogen-bond acceptors (Lipinski definition) is 2. The normalized spacial score (nSPS) is 12.3. The molecule has 114 valence electrons. The van der Waals surface area contributed by atoms with Crippen LogP contribution in [0.1, 0.15) is 34.8 Å². The Balaban J connectivity index is 2.83. The van der Waals surface area contributed by atoms with E-state index in [1.54, 1.807) is 18.2 Å². The Morgan fingerprint density at radius 1 is 1.43 bits per heavy atom. The van der Waals surface area contributed by atoms with Crippen molar-refractivity contribution in [3.63, 3.8) is 0 Å². The molecule has 0 bridgehead atoms. The van der Waals surface area contributed by atoms with E-state index < -0.39 is 24.5 Å². The Labute approximate surface area is 121 Å². The maximum atomic E-state index is 12.2. The van der Waals surface area contributed by atoms with Gasteiger partial charge in [0.2, 0.25) is 0 Å². The Hall–Kier alpha value is -2.00. The molecule has 0 fully saturated rings. The van der Waals surface area contributed by atoms with E-state index in [2.05, 4.69) is 17.2 Å². The van der Waals surface area contributed by atoms with E-state index in [-0.39, 0.29) is 12.1 Å². The summed E-state index contributed by atoms with van der Waals surface area (Å²) in [5, 5.41) is 2.32. The molecule has 0 aliphatic rings. The summed E-state index contributed by atoms with van der Waals surface area (Å²) in [6, 6.07) is 3.81. The molecule has 1 rings (SSSR count). The Bertz CT molecular complexity index is 571. The van der Waals surface area contributed by atoms with E-state index in [1.165, 1.54) is 6.92 Å². The molecule has 0 saturated carbocycles. The van der Waals surface area contributed by atoms with Crippen LogP contribution < -0.4 is 11.1 Å². The molecule has 3 nitrogen and oxygen atoms in total. The third-order valence-corrected chi connectivity index (χ3v) is 2.74. The number of amides is 1. The Morgan fingerprint density at radius 2 is 2.10 bits per heavy atom. The minimum atomic E-state index is -4.31. The average molecular weight is 298 g/mol. The van der Waals surface area contributed by atoms with Crippen LogP contribution in [0, 0.1) is 18.8 Å². The summed E-state index contributed by atoms with van der Waals surface area (Å²) in [5.41, 5.74) is 7.07. The summed E-state index contributed by atoms with van der Waals surface area (Å²) in [6.07, 6.45) is -5.37. The average Bonchev–Trinajstić information content (AvgIpc) is 2.35. The number of carbonyl (C=O) groups is 1. The molecule has 1 atom stereocenters.